The Bertz CT molecular complexity index is 443. The van der Waals surface area contributed by atoms with E-state index in [1.165, 1.54) is 37.9 Å². The van der Waals surface area contributed by atoms with Gasteiger partial charge in [0.05, 0.1) is 5.25 Å². The van der Waals surface area contributed by atoms with Gasteiger partial charge >= 0.3 is 0 Å². The molecule has 3 rings (SSSR count). The number of aromatic nitrogens is 3. The average molecular weight is 295 g/mol. The first kappa shape index (κ1) is 14.2. The minimum atomic E-state index is 0.207. The molecule has 0 amide bonds. The van der Waals surface area contributed by atoms with Crippen LogP contribution in [0.1, 0.15) is 50.1 Å². The third-order valence-corrected chi connectivity index (χ3v) is 5.92. The fourth-order valence-corrected chi connectivity index (χ4v) is 4.41. The van der Waals surface area contributed by atoms with Crippen LogP contribution in [0.4, 0.5) is 5.95 Å². The van der Waals surface area contributed by atoms with Crippen molar-refractivity contribution < 1.29 is 0 Å². The summed E-state index contributed by atoms with van der Waals surface area (Å²) in [5, 5.41) is 8.12. The molecule has 1 aromatic heterocycles. The Hall–Kier alpha value is -0.750. The summed E-state index contributed by atoms with van der Waals surface area (Å²) >= 11 is 2.01. The lowest BCUT2D eigenvalue weighted by molar-refractivity contribution is 0.270. The second kappa shape index (κ2) is 5.93. The smallest absolute Gasteiger partial charge is 0.244 e. The minimum Gasteiger partial charge on any atom is -0.339 e. The molecule has 0 bridgehead atoms. The van der Waals surface area contributed by atoms with E-state index in [1.807, 2.05) is 11.8 Å². The number of nitrogens with two attached hydrogens (primary N) is 1. The minimum absolute atomic E-state index is 0.207. The van der Waals surface area contributed by atoms with Crippen molar-refractivity contribution in [2.75, 3.05) is 30.3 Å². The highest BCUT2D eigenvalue weighted by molar-refractivity contribution is 7.99. The quantitative estimate of drug-likeness (QED) is 0.895. The van der Waals surface area contributed by atoms with Crippen molar-refractivity contribution in [3.63, 3.8) is 0 Å². The van der Waals surface area contributed by atoms with E-state index in [4.69, 9.17) is 10.7 Å². The van der Waals surface area contributed by atoms with Crippen LogP contribution in [0.3, 0.4) is 0 Å². The Balaban J connectivity index is 1.69. The van der Waals surface area contributed by atoms with Gasteiger partial charge in [0, 0.05) is 13.1 Å². The highest BCUT2D eigenvalue weighted by atomic mass is 32.2. The second-order valence-corrected chi connectivity index (χ2v) is 7.73. The fourth-order valence-electron chi connectivity index (χ4n) is 3.16. The number of anilines is 1. The second-order valence-electron chi connectivity index (χ2n) is 6.42. The molecule has 112 valence electrons. The van der Waals surface area contributed by atoms with Gasteiger partial charge in [-0.3, -0.25) is 5.10 Å². The summed E-state index contributed by atoms with van der Waals surface area (Å²) in [5.74, 6) is 3.17. The summed E-state index contributed by atoms with van der Waals surface area (Å²) in [7, 11) is 0. The van der Waals surface area contributed by atoms with Crippen molar-refractivity contribution >= 4 is 17.7 Å². The molecular weight excluding hydrogens is 270 g/mol. The first-order valence-corrected chi connectivity index (χ1v) is 8.74. The van der Waals surface area contributed by atoms with E-state index in [9.17, 15) is 0 Å². The van der Waals surface area contributed by atoms with Gasteiger partial charge in [-0.2, -0.15) is 16.7 Å². The normalized spacial score (nSPS) is 31.5. The van der Waals surface area contributed by atoms with Crippen LogP contribution in [0.15, 0.2) is 0 Å². The Morgan fingerprint density at radius 1 is 1.45 bits per heavy atom. The lowest BCUT2D eigenvalue weighted by Gasteiger charge is -2.39. The van der Waals surface area contributed by atoms with Crippen LogP contribution in [0, 0.1) is 5.41 Å². The van der Waals surface area contributed by atoms with Gasteiger partial charge in [0.15, 0.2) is 0 Å². The molecule has 0 radical (unpaired) electrons. The first-order chi connectivity index (χ1) is 9.70. The van der Waals surface area contributed by atoms with Crippen molar-refractivity contribution in [1.29, 1.82) is 0 Å². The van der Waals surface area contributed by atoms with E-state index >= 15 is 0 Å². The Kier molecular flexibility index (Phi) is 4.21. The molecule has 0 saturated carbocycles. The van der Waals surface area contributed by atoms with Crippen LogP contribution in [-0.4, -0.2) is 40.6 Å². The topological polar surface area (TPSA) is 70.8 Å². The third kappa shape index (κ3) is 2.96. The van der Waals surface area contributed by atoms with E-state index in [-0.39, 0.29) is 5.41 Å². The number of rotatable bonds is 3. The number of aromatic amines is 1. The van der Waals surface area contributed by atoms with Crippen molar-refractivity contribution in [1.82, 2.24) is 15.2 Å². The number of piperidine rings is 1. The zero-order valence-electron chi connectivity index (χ0n) is 12.3. The molecule has 5 nitrogen and oxygen atoms in total. The maximum absolute atomic E-state index is 5.92. The number of hydrogen-bond acceptors (Lipinski definition) is 5. The lowest BCUT2D eigenvalue weighted by atomic mass is 9.82. The maximum atomic E-state index is 5.92. The number of hydrogen-bond donors (Lipinski definition) is 2. The van der Waals surface area contributed by atoms with Crippen LogP contribution in [0.25, 0.3) is 0 Å². The maximum Gasteiger partial charge on any atom is 0.244 e. The van der Waals surface area contributed by atoms with Gasteiger partial charge in [-0.15, -0.1) is 5.10 Å². The number of nitrogens with one attached hydrogen (secondary N) is 1. The largest absolute Gasteiger partial charge is 0.339 e. The van der Waals surface area contributed by atoms with Crippen molar-refractivity contribution in [2.45, 2.75) is 44.3 Å². The summed E-state index contributed by atoms with van der Waals surface area (Å²) in [4.78, 5) is 7.05. The molecule has 2 fully saturated rings. The van der Waals surface area contributed by atoms with Gasteiger partial charge in [-0.05, 0) is 43.4 Å². The van der Waals surface area contributed by atoms with Crippen LogP contribution in [-0.2, 0) is 0 Å². The van der Waals surface area contributed by atoms with Gasteiger partial charge < -0.3 is 10.6 Å². The van der Waals surface area contributed by atoms with Gasteiger partial charge in [-0.25, -0.2) is 0 Å². The number of nitrogens with zero attached hydrogens (tertiary/aromatic N) is 3. The van der Waals surface area contributed by atoms with E-state index in [1.54, 1.807) is 0 Å². The van der Waals surface area contributed by atoms with E-state index in [0.29, 0.717) is 5.25 Å². The summed E-state index contributed by atoms with van der Waals surface area (Å²) in [5.41, 5.74) is 6.13. The summed E-state index contributed by atoms with van der Waals surface area (Å²) < 4.78 is 0. The fraction of sp³-hybridized carbons (Fsp3) is 0.857. The van der Waals surface area contributed by atoms with Crippen molar-refractivity contribution in [2.24, 2.45) is 11.1 Å². The average Bonchev–Trinajstić information content (AvgIpc) is 2.98. The molecule has 1 aromatic rings. The number of H-pyrrole nitrogens is 1. The van der Waals surface area contributed by atoms with Crippen LogP contribution >= 0.6 is 11.8 Å². The molecule has 2 aliphatic rings. The monoisotopic (exact) mass is 295 g/mol. The number of thioether (sulfide) groups is 1. The molecule has 2 aliphatic heterocycles. The first-order valence-electron chi connectivity index (χ1n) is 7.69. The third-order valence-electron chi connectivity index (χ3n) is 4.53. The van der Waals surface area contributed by atoms with Gasteiger partial charge in [0.2, 0.25) is 5.95 Å². The zero-order valence-corrected chi connectivity index (χ0v) is 13.1. The Morgan fingerprint density at radius 3 is 3.10 bits per heavy atom. The molecule has 2 saturated heterocycles. The van der Waals surface area contributed by atoms with Crippen LogP contribution < -0.4 is 10.6 Å². The summed E-state index contributed by atoms with van der Waals surface area (Å²) in [6.45, 7) is 5.02. The standard InChI is InChI=1S/C14H25N5S/c1-14(9-15)6-4-7-19(10-14)13-16-12(17-18-13)11-5-2-3-8-20-11/h11H,2-10,15H2,1H3,(H,16,17,18). The Morgan fingerprint density at radius 2 is 2.35 bits per heavy atom. The molecule has 20 heavy (non-hydrogen) atoms. The highest BCUT2D eigenvalue weighted by Crippen LogP contribution is 2.37. The molecule has 0 aliphatic carbocycles. The molecule has 0 spiro atoms. The molecule has 0 aromatic carbocycles. The SMILES string of the molecule is CC1(CN)CCCN(c2n[nH]c(C3CCCCS3)n2)C1. The van der Waals surface area contributed by atoms with Crippen molar-refractivity contribution in [3.05, 3.63) is 5.82 Å². The predicted molar refractivity (Wildman–Crippen MR) is 84.0 cm³/mol. The summed E-state index contributed by atoms with van der Waals surface area (Å²) in [6, 6.07) is 0. The van der Waals surface area contributed by atoms with Gasteiger partial charge in [0.25, 0.3) is 0 Å². The summed E-state index contributed by atoms with van der Waals surface area (Å²) in [6.07, 6.45) is 6.25. The molecule has 3 heterocycles. The van der Waals surface area contributed by atoms with Crippen molar-refractivity contribution in [3.8, 4) is 0 Å². The van der Waals surface area contributed by atoms with E-state index in [0.717, 1.165) is 31.4 Å². The molecule has 2 atom stereocenters. The predicted octanol–water partition coefficient (Wildman–Crippen LogP) is 2.33. The molecule has 2 unspecified atom stereocenters. The Labute approximate surface area is 125 Å². The molecule has 6 heteroatoms. The van der Waals surface area contributed by atoms with Gasteiger partial charge in [0.1, 0.15) is 5.82 Å². The van der Waals surface area contributed by atoms with E-state index < -0.39 is 0 Å². The van der Waals surface area contributed by atoms with E-state index in [2.05, 4.69) is 22.0 Å². The lowest BCUT2D eigenvalue weighted by Crippen LogP contribution is -2.46. The van der Waals surface area contributed by atoms with Gasteiger partial charge in [-0.1, -0.05) is 13.3 Å². The van der Waals surface area contributed by atoms with Crippen LogP contribution in [0.2, 0.25) is 0 Å². The zero-order chi connectivity index (χ0) is 14.0. The van der Waals surface area contributed by atoms with Crippen LogP contribution in [0.5, 0.6) is 0 Å². The molecule has 3 N–H and O–H groups in total. The highest BCUT2D eigenvalue weighted by Gasteiger charge is 2.31. The molecular formula is C14H25N5S.